The number of hydrogen-bond acceptors (Lipinski definition) is 4. The lowest BCUT2D eigenvalue weighted by Gasteiger charge is -2.12. The van der Waals surface area contributed by atoms with E-state index in [1.807, 2.05) is 0 Å². The van der Waals surface area contributed by atoms with Crippen LogP contribution in [0.5, 0.6) is 11.5 Å². The standard InChI is InChI=1S/C14H9Cl3N2O3/c15-7-4-9(16)12(10(17)5-7)18-19-14(20)8-2-1-3-11-13(8)22-6-21-11/h1-5,18H,6H2,(H,19,20). The zero-order chi connectivity index (χ0) is 15.7. The maximum absolute atomic E-state index is 12.2. The topological polar surface area (TPSA) is 59.6 Å². The number of amides is 1. The van der Waals surface area contributed by atoms with E-state index in [0.29, 0.717) is 27.8 Å². The minimum Gasteiger partial charge on any atom is -0.454 e. The molecule has 0 unspecified atom stereocenters. The Morgan fingerprint density at radius 2 is 1.82 bits per heavy atom. The van der Waals surface area contributed by atoms with E-state index in [0.717, 1.165) is 0 Å². The number of nitrogens with one attached hydrogen (secondary N) is 2. The Hall–Kier alpha value is -1.82. The first-order chi connectivity index (χ1) is 10.6. The summed E-state index contributed by atoms with van der Waals surface area (Å²) >= 11 is 17.9. The minimum absolute atomic E-state index is 0.0852. The lowest BCUT2D eigenvalue weighted by atomic mass is 10.2. The van der Waals surface area contributed by atoms with E-state index in [-0.39, 0.29) is 16.8 Å². The van der Waals surface area contributed by atoms with Crippen LogP contribution in [0.2, 0.25) is 15.1 Å². The van der Waals surface area contributed by atoms with Gasteiger partial charge in [0.25, 0.3) is 5.91 Å². The highest BCUT2D eigenvalue weighted by Gasteiger charge is 2.22. The maximum atomic E-state index is 12.2. The average molecular weight is 360 g/mol. The molecule has 8 heteroatoms. The number of rotatable bonds is 3. The third kappa shape index (κ3) is 2.88. The zero-order valence-corrected chi connectivity index (χ0v) is 13.2. The van der Waals surface area contributed by atoms with Crippen LogP contribution in [-0.4, -0.2) is 12.7 Å². The maximum Gasteiger partial charge on any atom is 0.273 e. The number of halogens is 3. The lowest BCUT2D eigenvalue weighted by Crippen LogP contribution is -2.29. The van der Waals surface area contributed by atoms with E-state index in [9.17, 15) is 4.79 Å². The highest BCUT2D eigenvalue weighted by molar-refractivity contribution is 6.41. The summed E-state index contributed by atoms with van der Waals surface area (Å²) in [6, 6.07) is 8.07. The van der Waals surface area contributed by atoms with Gasteiger partial charge in [0, 0.05) is 5.02 Å². The van der Waals surface area contributed by atoms with Gasteiger partial charge in [0.05, 0.1) is 21.3 Å². The van der Waals surface area contributed by atoms with Crippen LogP contribution in [0.15, 0.2) is 30.3 Å². The van der Waals surface area contributed by atoms with Gasteiger partial charge in [0.15, 0.2) is 11.5 Å². The second kappa shape index (κ2) is 6.12. The van der Waals surface area contributed by atoms with Crippen molar-refractivity contribution in [1.29, 1.82) is 0 Å². The van der Waals surface area contributed by atoms with Gasteiger partial charge in [0.1, 0.15) is 0 Å². The Bertz CT molecular complexity index is 729. The van der Waals surface area contributed by atoms with Crippen molar-refractivity contribution in [3.8, 4) is 11.5 Å². The van der Waals surface area contributed by atoms with Gasteiger partial charge in [-0.1, -0.05) is 40.9 Å². The van der Waals surface area contributed by atoms with Gasteiger partial charge in [0.2, 0.25) is 6.79 Å². The fourth-order valence-corrected chi connectivity index (χ4v) is 2.87. The molecule has 5 nitrogen and oxygen atoms in total. The van der Waals surface area contributed by atoms with Crippen molar-refractivity contribution < 1.29 is 14.3 Å². The molecule has 0 saturated heterocycles. The number of carbonyl (C=O) groups is 1. The van der Waals surface area contributed by atoms with Gasteiger partial charge in [-0.3, -0.25) is 15.6 Å². The molecule has 0 saturated carbocycles. The van der Waals surface area contributed by atoms with Gasteiger partial charge < -0.3 is 9.47 Å². The predicted molar refractivity (Wildman–Crippen MR) is 85.1 cm³/mol. The summed E-state index contributed by atoms with van der Waals surface area (Å²) in [5.74, 6) is 0.509. The van der Waals surface area contributed by atoms with Crippen LogP contribution in [-0.2, 0) is 0 Å². The van der Waals surface area contributed by atoms with Crippen LogP contribution in [0.1, 0.15) is 10.4 Å². The molecule has 0 aromatic heterocycles. The molecule has 0 bridgehead atoms. The second-order valence-electron chi connectivity index (χ2n) is 4.36. The molecule has 22 heavy (non-hydrogen) atoms. The molecule has 2 N–H and O–H groups in total. The summed E-state index contributed by atoms with van der Waals surface area (Å²) in [5.41, 5.74) is 5.88. The van der Waals surface area contributed by atoms with E-state index in [4.69, 9.17) is 44.3 Å². The highest BCUT2D eigenvalue weighted by Crippen LogP contribution is 2.36. The smallest absolute Gasteiger partial charge is 0.273 e. The van der Waals surface area contributed by atoms with Crippen LogP contribution in [0, 0.1) is 0 Å². The second-order valence-corrected chi connectivity index (χ2v) is 5.61. The molecule has 2 aromatic carbocycles. The van der Waals surface area contributed by atoms with Gasteiger partial charge in [-0.05, 0) is 24.3 Å². The van der Waals surface area contributed by atoms with Crippen LogP contribution in [0.4, 0.5) is 5.69 Å². The molecule has 1 aliphatic heterocycles. The van der Waals surface area contributed by atoms with Crippen molar-refractivity contribution in [3.63, 3.8) is 0 Å². The Morgan fingerprint density at radius 1 is 1.09 bits per heavy atom. The highest BCUT2D eigenvalue weighted by atomic mass is 35.5. The third-order valence-corrected chi connectivity index (χ3v) is 3.76. The number of hydrazine groups is 1. The molecular weight excluding hydrogens is 351 g/mol. The average Bonchev–Trinajstić information content (AvgIpc) is 2.94. The van der Waals surface area contributed by atoms with Crippen LogP contribution < -0.4 is 20.3 Å². The van der Waals surface area contributed by atoms with Crippen LogP contribution in [0.3, 0.4) is 0 Å². The van der Waals surface area contributed by atoms with Gasteiger partial charge >= 0.3 is 0 Å². The fourth-order valence-electron chi connectivity index (χ4n) is 1.96. The SMILES string of the molecule is O=C(NNc1c(Cl)cc(Cl)cc1Cl)c1cccc2c1OCO2. The van der Waals surface area contributed by atoms with Crippen molar-refractivity contribution in [2.24, 2.45) is 0 Å². The number of benzene rings is 2. The Morgan fingerprint density at radius 3 is 2.55 bits per heavy atom. The van der Waals surface area contributed by atoms with E-state index in [2.05, 4.69) is 10.9 Å². The quantitative estimate of drug-likeness (QED) is 0.809. The fraction of sp³-hybridized carbons (Fsp3) is 0.0714. The van der Waals surface area contributed by atoms with E-state index >= 15 is 0 Å². The number of carbonyl (C=O) groups excluding carboxylic acids is 1. The normalized spacial score (nSPS) is 12.1. The summed E-state index contributed by atoms with van der Waals surface area (Å²) in [7, 11) is 0. The first-order valence-electron chi connectivity index (χ1n) is 6.16. The molecular formula is C14H9Cl3N2O3. The Balaban J connectivity index is 1.78. The molecule has 1 amide bonds. The van der Waals surface area contributed by atoms with Crippen LogP contribution >= 0.6 is 34.8 Å². The molecule has 0 atom stereocenters. The molecule has 3 rings (SSSR count). The number of hydrogen-bond donors (Lipinski definition) is 2. The molecule has 0 spiro atoms. The summed E-state index contributed by atoms with van der Waals surface area (Å²) in [5, 5.41) is 0.977. The molecule has 1 aliphatic rings. The zero-order valence-electron chi connectivity index (χ0n) is 11.0. The van der Waals surface area contributed by atoms with Crippen molar-refractivity contribution in [1.82, 2.24) is 5.43 Å². The summed E-state index contributed by atoms with van der Waals surface area (Å²) in [4.78, 5) is 12.2. The van der Waals surface area contributed by atoms with Gasteiger partial charge in [-0.25, -0.2) is 0 Å². The van der Waals surface area contributed by atoms with E-state index in [1.54, 1.807) is 18.2 Å². The van der Waals surface area contributed by atoms with Crippen molar-refractivity contribution in [2.75, 3.05) is 12.2 Å². The van der Waals surface area contributed by atoms with Gasteiger partial charge in [-0.15, -0.1) is 0 Å². The number of ether oxygens (including phenoxy) is 2. The monoisotopic (exact) mass is 358 g/mol. The molecule has 0 fully saturated rings. The summed E-state index contributed by atoms with van der Waals surface area (Å²) < 4.78 is 10.5. The first kappa shape index (κ1) is 15.1. The Kier molecular flexibility index (Phi) is 4.20. The lowest BCUT2D eigenvalue weighted by molar-refractivity contribution is 0.0958. The number of para-hydroxylation sites is 1. The number of fused-ring (bicyclic) bond motifs is 1. The van der Waals surface area contributed by atoms with Gasteiger partial charge in [-0.2, -0.15) is 0 Å². The molecule has 1 heterocycles. The predicted octanol–water partition coefficient (Wildman–Crippen LogP) is 4.13. The third-order valence-electron chi connectivity index (χ3n) is 2.95. The minimum atomic E-state index is -0.413. The van der Waals surface area contributed by atoms with Crippen LogP contribution in [0.25, 0.3) is 0 Å². The van der Waals surface area contributed by atoms with E-state index in [1.165, 1.54) is 12.1 Å². The van der Waals surface area contributed by atoms with E-state index < -0.39 is 5.91 Å². The molecule has 0 radical (unpaired) electrons. The summed E-state index contributed by atoms with van der Waals surface area (Å²) in [6.45, 7) is 0.0852. The Labute approximate surface area is 141 Å². The molecule has 114 valence electrons. The first-order valence-corrected chi connectivity index (χ1v) is 7.29. The molecule has 0 aliphatic carbocycles. The van der Waals surface area contributed by atoms with Crippen molar-refractivity contribution in [3.05, 3.63) is 51.0 Å². The molecule has 2 aromatic rings. The van der Waals surface area contributed by atoms with Crippen molar-refractivity contribution in [2.45, 2.75) is 0 Å². The largest absolute Gasteiger partial charge is 0.454 e. The number of anilines is 1. The van der Waals surface area contributed by atoms with Crippen molar-refractivity contribution >= 4 is 46.4 Å². The summed E-state index contributed by atoms with van der Waals surface area (Å²) in [6.07, 6.45) is 0.